The van der Waals surface area contributed by atoms with Gasteiger partial charge in [0.15, 0.2) is 0 Å². The van der Waals surface area contributed by atoms with Crippen LogP contribution in [0.4, 0.5) is 0 Å². The maximum atomic E-state index is 12.6. The molecule has 0 aliphatic rings. The van der Waals surface area contributed by atoms with Crippen LogP contribution in [0.2, 0.25) is 0 Å². The van der Waals surface area contributed by atoms with Gasteiger partial charge in [-0.25, -0.2) is 0 Å². The molecule has 124 valence electrons. The first kappa shape index (κ1) is 17.4. The van der Waals surface area contributed by atoms with Gasteiger partial charge in [-0.1, -0.05) is 47.6 Å². The number of carbonyl (C=O) groups is 1. The third kappa shape index (κ3) is 5.04. The molecule has 2 aromatic rings. The molecule has 6 heteroatoms. The molecule has 1 N–H and O–H groups in total. The lowest BCUT2D eigenvalue weighted by atomic mass is 10.0. The molecule has 0 saturated carbocycles. The molecule has 0 spiro atoms. The third-order valence-corrected chi connectivity index (χ3v) is 3.65. The number of amides is 1. The Morgan fingerprint density at radius 2 is 1.92 bits per heavy atom. The number of hydrogen-bond donors (Lipinski definition) is 1. The average molecular weight is 324 g/mol. The van der Waals surface area contributed by atoms with Crippen LogP contribution in [0.5, 0.6) is 5.75 Å². The van der Waals surface area contributed by atoms with Gasteiger partial charge >= 0.3 is 0 Å². The summed E-state index contributed by atoms with van der Waals surface area (Å²) in [6.07, 6.45) is 1.24. The number of methoxy groups -OCH3 is 1. The molecule has 0 aliphatic heterocycles. The molecule has 2 aromatic carbocycles. The van der Waals surface area contributed by atoms with Gasteiger partial charge in [0.05, 0.1) is 12.7 Å². The van der Waals surface area contributed by atoms with E-state index in [2.05, 4.69) is 15.3 Å². The first-order valence-corrected chi connectivity index (χ1v) is 7.73. The highest BCUT2D eigenvalue weighted by atomic mass is 16.5. The largest absolute Gasteiger partial charge is 0.496 e. The van der Waals surface area contributed by atoms with E-state index >= 15 is 0 Å². The van der Waals surface area contributed by atoms with Crippen molar-refractivity contribution in [2.45, 2.75) is 18.9 Å². The fourth-order valence-electron chi connectivity index (χ4n) is 2.48. The van der Waals surface area contributed by atoms with Gasteiger partial charge in [-0.3, -0.25) is 4.79 Å². The number of nitrogens with one attached hydrogen (secondary N) is 1. The Morgan fingerprint density at radius 1 is 1.21 bits per heavy atom. The molecule has 1 unspecified atom stereocenters. The van der Waals surface area contributed by atoms with Gasteiger partial charge in [-0.05, 0) is 36.1 Å². The van der Waals surface area contributed by atoms with Gasteiger partial charge in [-0.15, -0.1) is 0 Å². The van der Waals surface area contributed by atoms with E-state index in [1.807, 2.05) is 36.4 Å². The van der Waals surface area contributed by atoms with Gasteiger partial charge in [0.1, 0.15) is 5.75 Å². The molecule has 0 bridgehead atoms. The predicted octanol–water partition coefficient (Wildman–Crippen LogP) is 3.74. The lowest BCUT2D eigenvalue weighted by Gasteiger charge is -2.19. The van der Waals surface area contributed by atoms with Gasteiger partial charge < -0.3 is 10.1 Å². The Hall–Kier alpha value is -2.98. The number of rotatable bonds is 8. The fourth-order valence-corrected chi connectivity index (χ4v) is 2.48. The summed E-state index contributed by atoms with van der Waals surface area (Å²) in [6.45, 7) is 0.334. The zero-order valence-electron chi connectivity index (χ0n) is 13.6. The Bertz CT molecular complexity index is 712. The number of ether oxygens (including phenoxy) is 1. The Morgan fingerprint density at radius 3 is 2.62 bits per heavy atom. The van der Waals surface area contributed by atoms with E-state index in [4.69, 9.17) is 10.3 Å². The molecule has 0 fully saturated rings. The number of para-hydroxylation sites is 1. The van der Waals surface area contributed by atoms with E-state index in [1.54, 1.807) is 18.2 Å². The normalized spacial score (nSPS) is 11.2. The summed E-state index contributed by atoms with van der Waals surface area (Å²) in [5.41, 5.74) is 10.1. The summed E-state index contributed by atoms with van der Waals surface area (Å²) in [4.78, 5) is 15.3. The predicted molar refractivity (Wildman–Crippen MR) is 93.0 cm³/mol. The van der Waals surface area contributed by atoms with Crippen LogP contribution >= 0.6 is 0 Å². The topological polar surface area (TPSA) is 87.1 Å². The average Bonchev–Trinajstić information content (AvgIpc) is 2.62. The molecule has 0 aromatic heterocycles. The molecule has 2 rings (SSSR count). The van der Waals surface area contributed by atoms with Crippen molar-refractivity contribution in [2.24, 2.45) is 5.11 Å². The van der Waals surface area contributed by atoms with Crippen LogP contribution in [0.15, 0.2) is 59.7 Å². The van der Waals surface area contributed by atoms with Crippen molar-refractivity contribution in [3.05, 3.63) is 76.2 Å². The summed E-state index contributed by atoms with van der Waals surface area (Å²) >= 11 is 0. The van der Waals surface area contributed by atoms with Crippen LogP contribution < -0.4 is 10.1 Å². The summed E-state index contributed by atoms with van der Waals surface area (Å²) < 4.78 is 5.24. The van der Waals surface area contributed by atoms with E-state index in [0.29, 0.717) is 30.7 Å². The van der Waals surface area contributed by atoms with E-state index in [9.17, 15) is 4.79 Å². The fraction of sp³-hybridized carbons (Fsp3) is 0.278. The highest BCUT2D eigenvalue weighted by Gasteiger charge is 2.17. The molecule has 0 heterocycles. The second-order valence-corrected chi connectivity index (χ2v) is 5.30. The van der Waals surface area contributed by atoms with Crippen LogP contribution in [-0.2, 0) is 6.42 Å². The first-order chi connectivity index (χ1) is 11.7. The molecule has 1 amide bonds. The van der Waals surface area contributed by atoms with Crippen molar-refractivity contribution in [3.63, 3.8) is 0 Å². The molecule has 0 saturated heterocycles. The van der Waals surface area contributed by atoms with Crippen molar-refractivity contribution in [3.8, 4) is 5.75 Å². The summed E-state index contributed by atoms with van der Waals surface area (Å²) in [5.74, 6) is 0.331. The molecule has 0 radical (unpaired) electrons. The number of azide groups is 1. The highest BCUT2D eigenvalue weighted by Crippen LogP contribution is 2.17. The second-order valence-electron chi connectivity index (χ2n) is 5.30. The molecular weight excluding hydrogens is 304 g/mol. The first-order valence-electron chi connectivity index (χ1n) is 7.73. The van der Waals surface area contributed by atoms with Crippen molar-refractivity contribution in [2.75, 3.05) is 13.7 Å². The van der Waals surface area contributed by atoms with Crippen molar-refractivity contribution >= 4 is 5.91 Å². The van der Waals surface area contributed by atoms with Crippen LogP contribution in [0.25, 0.3) is 10.4 Å². The van der Waals surface area contributed by atoms with Crippen LogP contribution in [0.3, 0.4) is 0 Å². The van der Waals surface area contributed by atoms with E-state index in [-0.39, 0.29) is 11.9 Å². The maximum absolute atomic E-state index is 12.6. The van der Waals surface area contributed by atoms with Gasteiger partial charge in [0.25, 0.3) is 5.91 Å². The van der Waals surface area contributed by atoms with Gasteiger partial charge in [-0.2, -0.15) is 0 Å². The minimum absolute atomic E-state index is 0.129. The molecule has 1 atom stereocenters. The van der Waals surface area contributed by atoms with Gasteiger partial charge in [0, 0.05) is 17.5 Å². The zero-order valence-corrected chi connectivity index (χ0v) is 13.6. The van der Waals surface area contributed by atoms with Crippen LogP contribution in [0, 0.1) is 0 Å². The minimum Gasteiger partial charge on any atom is -0.496 e. The number of carbonyl (C=O) groups excluding carboxylic acids is 1. The van der Waals surface area contributed by atoms with E-state index in [0.717, 1.165) is 5.56 Å². The third-order valence-electron chi connectivity index (χ3n) is 3.65. The Balaban J connectivity index is 2.11. The quantitative estimate of drug-likeness (QED) is 0.455. The smallest absolute Gasteiger partial charge is 0.255 e. The standard InChI is InChI=1S/C18H20N4O2/c1-24-17-10-6-5-9-16(17)18(23)21-15(11-12-20-22-19)13-14-7-3-2-4-8-14/h2-10,15H,11-13H2,1H3,(H,21,23). The SMILES string of the molecule is COc1ccccc1C(=O)NC(CCN=[N+]=[N-])Cc1ccccc1. The summed E-state index contributed by atoms with van der Waals surface area (Å²) in [7, 11) is 1.54. The van der Waals surface area contributed by atoms with Crippen molar-refractivity contribution in [1.82, 2.24) is 5.32 Å². The van der Waals surface area contributed by atoms with Gasteiger partial charge in [0.2, 0.25) is 0 Å². The number of benzene rings is 2. The number of nitrogens with zero attached hydrogens (tertiary/aromatic N) is 3. The summed E-state index contributed by atoms with van der Waals surface area (Å²) in [6, 6.07) is 16.8. The zero-order chi connectivity index (χ0) is 17.2. The maximum Gasteiger partial charge on any atom is 0.255 e. The van der Waals surface area contributed by atoms with Crippen molar-refractivity contribution in [1.29, 1.82) is 0 Å². The van der Waals surface area contributed by atoms with Crippen molar-refractivity contribution < 1.29 is 9.53 Å². The minimum atomic E-state index is -0.200. The molecule has 24 heavy (non-hydrogen) atoms. The van der Waals surface area contributed by atoms with Crippen LogP contribution in [0.1, 0.15) is 22.3 Å². The molecule has 0 aliphatic carbocycles. The lowest BCUT2D eigenvalue weighted by molar-refractivity contribution is 0.0932. The highest BCUT2D eigenvalue weighted by molar-refractivity contribution is 5.97. The second kappa shape index (κ2) is 9.22. The van der Waals surface area contributed by atoms with E-state index < -0.39 is 0 Å². The lowest BCUT2D eigenvalue weighted by Crippen LogP contribution is -2.37. The van der Waals surface area contributed by atoms with E-state index in [1.165, 1.54) is 7.11 Å². The number of hydrogen-bond acceptors (Lipinski definition) is 3. The monoisotopic (exact) mass is 324 g/mol. The molecular formula is C18H20N4O2. The van der Waals surface area contributed by atoms with Crippen LogP contribution in [-0.4, -0.2) is 25.6 Å². The molecule has 6 nitrogen and oxygen atoms in total. The Kier molecular flexibility index (Phi) is 6.68. The summed E-state index contributed by atoms with van der Waals surface area (Å²) in [5, 5.41) is 6.58. The Labute approximate surface area is 141 Å².